The minimum Gasteiger partial charge on any atom is -0.370 e. The third-order valence-electron chi connectivity index (χ3n) is 3.42. The first-order chi connectivity index (χ1) is 10.1. The van der Waals surface area contributed by atoms with Gasteiger partial charge in [-0.25, -0.2) is 9.98 Å². The van der Waals surface area contributed by atoms with E-state index in [0.29, 0.717) is 18.4 Å². The zero-order valence-corrected chi connectivity index (χ0v) is 16.3. The number of nitrogens with zero attached hydrogens (tertiary/aromatic N) is 2. The van der Waals surface area contributed by atoms with Gasteiger partial charge in [0.15, 0.2) is 5.96 Å². The number of rotatable bonds is 5. The summed E-state index contributed by atoms with van der Waals surface area (Å²) in [5.41, 5.74) is 9.23. The highest BCUT2D eigenvalue weighted by molar-refractivity contribution is 14.0. The van der Waals surface area contributed by atoms with Crippen LogP contribution in [0.5, 0.6) is 0 Å². The molecule has 1 unspecified atom stereocenters. The monoisotopic (exact) mass is 430 g/mol. The number of anilines is 1. The molecule has 0 spiro atoms. The summed E-state index contributed by atoms with van der Waals surface area (Å²) in [6.07, 6.45) is 1.14. The molecular formula is C16H23IN4S. The van der Waals surface area contributed by atoms with Crippen LogP contribution in [0, 0.1) is 6.92 Å². The number of nitrogens with one attached hydrogen (secondary N) is 1. The Morgan fingerprint density at radius 1 is 1.36 bits per heavy atom. The fourth-order valence-corrected chi connectivity index (χ4v) is 2.64. The van der Waals surface area contributed by atoms with Crippen molar-refractivity contribution in [2.24, 2.45) is 10.7 Å². The lowest BCUT2D eigenvalue weighted by atomic mass is 9.99. The average molecular weight is 430 g/mol. The predicted molar refractivity (Wildman–Crippen MR) is 106 cm³/mol. The van der Waals surface area contributed by atoms with Gasteiger partial charge in [-0.05, 0) is 37.0 Å². The van der Waals surface area contributed by atoms with Crippen LogP contribution in [0.4, 0.5) is 5.69 Å². The standard InChI is InChI=1S/C16H22N4S.HI/c1-4-11(2)13-5-7-14(8-6-13)20-16(17)18-9-15-19-12(3)10-21-15;/h5-8,10-11H,4,9H2,1-3H3,(H3,17,18,20);1H. The maximum atomic E-state index is 5.90. The molecule has 0 saturated heterocycles. The van der Waals surface area contributed by atoms with E-state index in [1.54, 1.807) is 11.3 Å². The summed E-state index contributed by atoms with van der Waals surface area (Å²) in [6.45, 7) is 6.92. The smallest absolute Gasteiger partial charge is 0.193 e. The van der Waals surface area contributed by atoms with Crippen LogP contribution in [0.1, 0.15) is 42.5 Å². The molecule has 2 aromatic rings. The molecule has 1 aromatic heterocycles. The van der Waals surface area contributed by atoms with Gasteiger partial charge in [0.25, 0.3) is 0 Å². The number of aliphatic imine (C=N–C) groups is 1. The first-order valence-electron chi connectivity index (χ1n) is 7.16. The number of aryl methyl sites for hydroxylation is 1. The lowest BCUT2D eigenvalue weighted by molar-refractivity contribution is 0.734. The second kappa shape index (κ2) is 9.09. The summed E-state index contributed by atoms with van der Waals surface area (Å²) >= 11 is 1.60. The normalized spacial score (nSPS) is 12.6. The Morgan fingerprint density at radius 2 is 2.05 bits per heavy atom. The van der Waals surface area contributed by atoms with Gasteiger partial charge in [0.05, 0.1) is 6.54 Å². The lowest BCUT2D eigenvalue weighted by Gasteiger charge is -2.10. The van der Waals surface area contributed by atoms with Gasteiger partial charge in [-0.3, -0.25) is 0 Å². The third-order valence-corrected chi connectivity index (χ3v) is 4.37. The molecule has 1 atom stereocenters. The molecule has 0 aliphatic rings. The molecule has 4 nitrogen and oxygen atoms in total. The number of hydrogen-bond acceptors (Lipinski definition) is 3. The topological polar surface area (TPSA) is 63.3 Å². The van der Waals surface area contributed by atoms with Crippen molar-refractivity contribution in [3.63, 3.8) is 0 Å². The highest BCUT2D eigenvalue weighted by Crippen LogP contribution is 2.20. The zero-order chi connectivity index (χ0) is 15.2. The maximum absolute atomic E-state index is 5.90. The molecule has 1 aromatic carbocycles. The fourth-order valence-electron chi connectivity index (χ4n) is 1.95. The van der Waals surface area contributed by atoms with Gasteiger partial charge in [-0.2, -0.15) is 0 Å². The predicted octanol–water partition coefficient (Wildman–Crippen LogP) is 4.51. The zero-order valence-electron chi connectivity index (χ0n) is 13.2. The highest BCUT2D eigenvalue weighted by Gasteiger charge is 2.03. The van der Waals surface area contributed by atoms with E-state index in [1.807, 2.05) is 24.4 Å². The quantitative estimate of drug-likeness (QED) is 0.417. The van der Waals surface area contributed by atoms with Crippen molar-refractivity contribution >= 4 is 47.0 Å². The maximum Gasteiger partial charge on any atom is 0.193 e. The number of hydrogen-bond donors (Lipinski definition) is 2. The van der Waals surface area contributed by atoms with Crippen LogP contribution in [0.3, 0.4) is 0 Å². The molecule has 6 heteroatoms. The van der Waals surface area contributed by atoms with E-state index in [2.05, 4.69) is 41.3 Å². The number of benzene rings is 1. The van der Waals surface area contributed by atoms with E-state index >= 15 is 0 Å². The van der Waals surface area contributed by atoms with Gasteiger partial charge in [0.2, 0.25) is 0 Å². The Kier molecular flexibility index (Phi) is 7.81. The van der Waals surface area contributed by atoms with Crippen molar-refractivity contribution in [1.82, 2.24) is 4.98 Å². The summed E-state index contributed by atoms with van der Waals surface area (Å²) in [5.74, 6) is 0.998. The van der Waals surface area contributed by atoms with Gasteiger partial charge in [-0.15, -0.1) is 35.3 Å². The van der Waals surface area contributed by atoms with E-state index in [-0.39, 0.29) is 24.0 Å². The molecule has 1 heterocycles. The summed E-state index contributed by atoms with van der Waals surface area (Å²) in [6, 6.07) is 8.34. The summed E-state index contributed by atoms with van der Waals surface area (Å²) in [4.78, 5) is 8.67. The lowest BCUT2D eigenvalue weighted by Crippen LogP contribution is -2.22. The first-order valence-corrected chi connectivity index (χ1v) is 8.04. The summed E-state index contributed by atoms with van der Waals surface area (Å²) in [5, 5.41) is 6.10. The Hall–Kier alpha value is -1.15. The SMILES string of the molecule is CCC(C)c1ccc(NC(N)=NCc2nc(C)cs2)cc1.I. The summed E-state index contributed by atoms with van der Waals surface area (Å²) < 4.78 is 0. The number of guanidine groups is 1. The molecule has 0 fully saturated rings. The second-order valence-corrected chi connectivity index (χ2v) is 6.08. The molecule has 0 radical (unpaired) electrons. The second-order valence-electron chi connectivity index (χ2n) is 5.14. The van der Waals surface area contributed by atoms with Crippen LogP contribution in [-0.4, -0.2) is 10.9 Å². The number of aromatic nitrogens is 1. The van der Waals surface area contributed by atoms with Gasteiger partial charge >= 0.3 is 0 Å². The average Bonchev–Trinajstić information content (AvgIpc) is 2.91. The molecule has 0 saturated carbocycles. The molecule has 0 aliphatic carbocycles. The van der Waals surface area contributed by atoms with Crippen LogP contribution in [-0.2, 0) is 6.54 Å². The van der Waals surface area contributed by atoms with Crippen molar-refractivity contribution in [3.8, 4) is 0 Å². The Bertz CT molecular complexity index is 607. The number of halogens is 1. The van der Waals surface area contributed by atoms with Crippen molar-refractivity contribution in [2.45, 2.75) is 39.7 Å². The van der Waals surface area contributed by atoms with E-state index in [9.17, 15) is 0 Å². The van der Waals surface area contributed by atoms with Crippen LogP contribution in [0.25, 0.3) is 0 Å². The minimum absolute atomic E-state index is 0. The largest absolute Gasteiger partial charge is 0.370 e. The number of nitrogens with two attached hydrogens (primary N) is 1. The van der Waals surface area contributed by atoms with Crippen LogP contribution in [0.15, 0.2) is 34.6 Å². The van der Waals surface area contributed by atoms with Crippen LogP contribution >= 0.6 is 35.3 Å². The third kappa shape index (κ3) is 5.57. The Labute approximate surface area is 153 Å². The Balaban J connectivity index is 0.00000242. The molecular weight excluding hydrogens is 407 g/mol. The van der Waals surface area contributed by atoms with Gasteiger partial charge in [0.1, 0.15) is 5.01 Å². The van der Waals surface area contributed by atoms with E-state index in [1.165, 1.54) is 5.56 Å². The van der Waals surface area contributed by atoms with Crippen molar-refractivity contribution in [2.75, 3.05) is 5.32 Å². The van der Waals surface area contributed by atoms with E-state index in [0.717, 1.165) is 22.8 Å². The molecule has 3 N–H and O–H groups in total. The molecule has 0 bridgehead atoms. The first kappa shape index (κ1) is 18.9. The fraction of sp³-hybridized carbons (Fsp3) is 0.375. The van der Waals surface area contributed by atoms with E-state index < -0.39 is 0 Å². The van der Waals surface area contributed by atoms with Crippen molar-refractivity contribution in [3.05, 3.63) is 45.9 Å². The molecule has 120 valence electrons. The van der Waals surface area contributed by atoms with Crippen LogP contribution < -0.4 is 11.1 Å². The van der Waals surface area contributed by atoms with Gasteiger partial charge < -0.3 is 11.1 Å². The van der Waals surface area contributed by atoms with Crippen LogP contribution in [0.2, 0.25) is 0 Å². The molecule has 0 aliphatic heterocycles. The summed E-state index contributed by atoms with van der Waals surface area (Å²) in [7, 11) is 0. The van der Waals surface area contributed by atoms with Gasteiger partial charge in [-0.1, -0.05) is 26.0 Å². The van der Waals surface area contributed by atoms with E-state index in [4.69, 9.17) is 5.73 Å². The molecule has 2 rings (SSSR count). The van der Waals surface area contributed by atoms with Crippen molar-refractivity contribution in [1.29, 1.82) is 0 Å². The molecule has 22 heavy (non-hydrogen) atoms. The number of thiazole rings is 1. The minimum atomic E-state index is 0. The van der Waals surface area contributed by atoms with Gasteiger partial charge in [0, 0.05) is 16.8 Å². The molecule has 0 amide bonds. The Morgan fingerprint density at radius 3 is 2.59 bits per heavy atom. The highest BCUT2D eigenvalue weighted by atomic mass is 127. The van der Waals surface area contributed by atoms with Crippen molar-refractivity contribution < 1.29 is 0 Å².